The molecule has 0 fully saturated rings. The number of carbonyl (C=O) groups is 1. The summed E-state index contributed by atoms with van der Waals surface area (Å²) in [6.07, 6.45) is 0.312. The molecule has 0 saturated heterocycles. The molecule has 1 aliphatic heterocycles. The van der Waals surface area contributed by atoms with Crippen molar-refractivity contribution >= 4 is 17.5 Å². The van der Waals surface area contributed by atoms with E-state index in [0.29, 0.717) is 30.1 Å². The molecule has 2 N–H and O–H groups in total. The fourth-order valence-corrected chi connectivity index (χ4v) is 3.35. The quantitative estimate of drug-likeness (QED) is 0.842. The van der Waals surface area contributed by atoms with Crippen molar-refractivity contribution in [2.45, 2.75) is 51.5 Å². The highest BCUT2D eigenvalue weighted by Gasteiger charge is 2.38. The van der Waals surface area contributed by atoms with E-state index in [4.69, 9.17) is 11.6 Å². The number of nitrogens with zero attached hydrogens (tertiary/aromatic N) is 1. The van der Waals surface area contributed by atoms with Crippen LogP contribution in [0, 0.1) is 0 Å². The Hall–Kier alpha value is -1.88. The monoisotopic (exact) mass is 373 g/mol. The Kier molecular flexibility index (Phi) is 4.86. The highest BCUT2D eigenvalue weighted by molar-refractivity contribution is 6.30. The van der Waals surface area contributed by atoms with Crippen molar-refractivity contribution in [2.75, 3.05) is 0 Å². The van der Waals surface area contributed by atoms with Gasteiger partial charge in [-0.1, -0.05) is 35.9 Å². The van der Waals surface area contributed by atoms with Crippen molar-refractivity contribution in [1.82, 2.24) is 4.90 Å². The summed E-state index contributed by atoms with van der Waals surface area (Å²) in [5.74, 6) is 0.000716. The van der Waals surface area contributed by atoms with E-state index in [0.717, 1.165) is 16.7 Å². The summed E-state index contributed by atoms with van der Waals surface area (Å²) in [5, 5.41) is 21.3. The van der Waals surface area contributed by atoms with Crippen LogP contribution in [-0.4, -0.2) is 32.2 Å². The molecule has 4 nitrogen and oxygen atoms in total. The second-order valence-corrected chi connectivity index (χ2v) is 8.23. The van der Waals surface area contributed by atoms with Gasteiger partial charge in [0.2, 0.25) is 0 Å². The number of hydrogen-bond acceptors (Lipinski definition) is 3. The third kappa shape index (κ3) is 3.78. The van der Waals surface area contributed by atoms with Gasteiger partial charge in [-0.15, -0.1) is 0 Å². The van der Waals surface area contributed by atoms with E-state index in [2.05, 4.69) is 0 Å². The molecule has 1 amide bonds. The Morgan fingerprint density at radius 3 is 2.46 bits per heavy atom. The number of carbonyl (C=O) groups excluding carboxylic acids is 1. The lowest BCUT2D eigenvalue weighted by Gasteiger charge is -2.35. The zero-order chi connectivity index (χ0) is 19.1. The van der Waals surface area contributed by atoms with Crippen LogP contribution < -0.4 is 0 Å². The van der Waals surface area contributed by atoms with E-state index < -0.39 is 11.2 Å². The van der Waals surface area contributed by atoms with Gasteiger partial charge in [-0.05, 0) is 55.7 Å². The average molecular weight is 374 g/mol. The Morgan fingerprint density at radius 1 is 1.08 bits per heavy atom. The maximum atomic E-state index is 12.6. The fraction of sp³-hybridized carbons (Fsp3) is 0.381. The fourth-order valence-electron chi connectivity index (χ4n) is 3.14. The van der Waals surface area contributed by atoms with Crippen LogP contribution in [0.15, 0.2) is 42.5 Å². The number of halogens is 1. The third-order valence-electron chi connectivity index (χ3n) is 5.18. The van der Waals surface area contributed by atoms with E-state index in [-0.39, 0.29) is 5.91 Å². The molecule has 5 heteroatoms. The van der Waals surface area contributed by atoms with Crippen LogP contribution >= 0.6 is 11.6 Å². The number of benzene rings is 2. The summed E-state index contributed by atoms with van der Waals surface area (Å²) in [7, 11) is 0. The molecule has 1 unspecified atom stereocenters. The van der Waals surface area contributed by atoms with E-state index in [9.17, 15) is 15.0 Å². The first-order valence-electron chi connectivity index (χ1n) is 8.67. The van der Waals surface area contributed by atoms with Gasteiger partial charge in [0, 0.05) is 30.1 Å². The van der Waals surface area contributed by atoms with Crippen LogP contribution in [0.2, 0.25) is 5.02 Å². The summed E-state index contributed by atoms with van der Waals surface area (Å²) in [5.41, 5.74) is 1.04. The minimum absolute atomic E-state index is 0.000716. The molecule has 0 bridgehead atoms. The van der Waals surface area contributed by atoms with Gasteiger partial charge in [-0.2, -0.15) is 0 Å². The Labute approximate surface area is 159 Å². The van der Waals surface area contributed by atoms with Gasteiger partial charge < -0.3 is 15.1 Å². The highest BCUT2D eigenvalue weighted by atomic mass is 35.5. The van der Waals surface area contributed by atoms with Crippen LogP contribution in [0.4, 0.5) is 0 Å². The summed E-state index contributed by atoms with van der Waals surface area (Å²) in [6.45, 7) is 5.84. The first-order valence-corrected chi connectivity index (χ1v) is 9.05. The number of aliphatic hydroxyl groups is 2. The molecule has 1 atom stereocenters. The summed E-state index contributed by atoms with van der Waals surface area (Å²) >= 11 is 6.03. The minimum Gasteiger partial charge on any atom is -0.387 e. The lowest BCUT2D eigenvalue weighted by Crippen LogP contribution is -2.49. The zero-order valence-electron chi connectivity index (χ0n) is 15.3. The minimum atomic E-state index is -1.26. The predicted octanol–water partition coefficient (Wildman–Crippen LogP) is 3.56. The van der Waals surface area contributed by atoms with E-state index in [1.165, 1.54) is 0 Å². The van der Waals surface area contributed by atoms with Crippen LogP contribution in [0.25, 0.3) is 0 Å². The first-order chi connectivity index (χ1) is 12.1. The van der Waals surface area contributed by atoms with Crippen molar-refractivity contribution in [1.29, 1.82) is 0 Å². The smallest absolute Gasteiger partial charge is 0.254 e. The van der Waals surface area contributed by atoms with Crippen molar-refractivity contribution in [3.8, 4) is 0 Å². The predicted molar refractivity (Wildman–Crippen MR) is 102 cm³/mol. The molecule has 0 aromatic heterocycles. The van der Waals surface area contributed by atoms with Gasteiger partial charge in [-0.3, -0.25) is 4.79 Å². The number of fused-ring (bicyclic) bond motifs is 1. The van der Waals surface area contributed by atoms with Crippen LogP contribution in [-0.2, 0) is 19.5 Å². The zero-order valence-corrected chi connectivity index (χ0v) is 16.0. The molecule has 26 heavy (non-hydrogen) atoms. The molecule has 0 spiro atoms. The molecule has 2 aromatic rings. The molecule has 0 aliphatic carbocycles. The van der Waals surface area contributed by atoms with Gasteiger partial charge in [0.05, 0.1) is 11.2 Å². The van der Waals surface area contributed by atoms with Crippen LogP contribution in [0.3, 0.4) is 0 Å². The molecule has 1 aliphatic rings. The molecule has 0 saturated carbocycles. The van der Waals surface area contributed by atoms with Gasteiger partial charge in [-0.25, -0.2) is 0 Å². The first kappa shape index (κ1) is 18.9. The molecule has 2 aromatic carbocycles. The normalized spacial score (nSPS) is 16.5. The molecule has 0 radical (unpaired) electrons. The second-order valence-electron chi connectivity index (χ2n) is 7.79. The standard InChI is InChI=1S/C21H24ClNO3/c1-20(2,25)21(3,26)11-14-7-8-18-16(9-14)13-23(19(18)24)12-15-5-4-6-17(22)10-15/h4-10,25-26H,11-13H2,1-3H3. The van der Waals surface area contributed by atoms with E-state index >= 15 is 0 Å². The lowest BCUT2D eigenvalue weighted by molar-refractivity contribution is -0.118. The van der Waals surface area contributed by atoms with Crippen molar-refractivity contribution in [2.24, 2.45) is 0 Å². The van der Waals surface area contributed by atoms with Crippen molar-refractivity contribution < 1.29 is 15.0 Å². The third-order valence-corrected chi connectivity index (χ3v) is 5.41. The Balaban J connectivity index is 1.78. The summed E-state index contributed by atoms with van der Waals surface area (Å²) in [6, 6.07) is 13.1. The number of rotatable bonds is 5. The molecular weight excluding hydrogens is 350 g/mol. The molecular formula is C21H24ClNO3. The van der Waals surface area contributed by atoms with E-state index in [1.54, 1.807) is 25.7 Å². The van der Waals surface area contributed by atoms with Crippen LogP contribution in [0.5, 0.6) is 0 Å². The van der Waals surface area contributed by atoms with E-state index in [1.807, 2.05) is 42.5 Å². The highest BCUT2D eigenvalue weighted by Crippen LogP contribution is 2.30. The maximum Gasteiger partial charge on any atom is 0.254 e. The van der Waals surface area contributed by atoms with Crippen LogP contribution in [0.1, 0.15) is 47.8 Å². The van der Waals surface area contributed by atoms with Crippen molar-refractivity contribution in [3.05, 3.63) is 69.7 Å². The summed E-state index contributed by atoms with van der Waals surface area (Å²) < 4.78 is 0. The molecule has 3 rings (SSSR count). The second kappa shape index (κ2) is 6.69. The Morgan fingerprint density at radius 2 is 1.81 bits per heavy atom. The van der Waals surface area contributed by atoms with Gasteiger partial charge in [0.15, 0.2) is 0 Å². The maximum absolute atomic E-state index is 12.6. The SMILES string of the molecule is CC(C)(O)C(C)(O)Cc1ccc2c(c1)CN(Cc1cccc(Cl)c1)C2=O. The van der Waals surface area contributed by atoms with Crippen molar-refractivity contribution in [3.63, 3.8) is 0 Å². The largest absolute Gasteiger partial charge is 0.387 e. The lowest BCUT2D eigenvalue weighted by atomic mass is 9.82. The molecule has 138 valence electrons. The topological polar surface area (TPSA) is 60.8 Å². The Bertz CT molecular complexity index is 839. The van der Waals surface area contributed by atoms with Gasteiger partial charge in [0.1, 0.15) is 0 Å². The van der Waals surface area contributed by atoms with Gasteiger partial charge >= 0.3 is 0 Å². The number of hydrogen-bond donors (Lipinski definition) is 2. The molecule has 1 heterocycles. The average Bonchev–Trinajstić information content (AvgIpc) is 2.81. The van der Waals surface area contributed by atoms with Gasteiger partial charge in [0.25, 0.3) is 5.91 Å². The summed E-state index contributed by atoms with van der Waals surface area (Å²) in [4.78, 5) is 14.4. The number of amides is 1.